The minimum atomic E-state index is -4.38. The lowest BCUT2D eigenvalue weighted by Gasteiger charge is -2.28. The first-order chi connectivity index (χ1) is 9.75. The van der Waals surface area contributed by atoms with Gasteiger partial charge in [-0.3, -0.25) is 0 Å². The van der Waals surface area contributed by atoms with Gasteiger partial charge in [0.25, 0.3) is 0 Å². The second kappa shape index (κ2) is 6.22. The van der Waals surface area contributed by atoms with Gasteiger partial charge in [-0.2, -0.15) is 13.2 Å². The van der Waals surface area contributed by atoms with Gasteiger partial charge in [0, 0.05) is 23.0 Å². The lowest BCUT2D eigenvalue weighted by atomic mass is 9.83. The molecule has 0 bridgehead atoms. The van der Waals surface area contributed by atoms with Crippen LogP contribution in [0, 0.1) is 11.8 Å². The highest BCUT2D eigenvalue weighted by Gasteiger charge is 2.43. The molecule has 1 aromatic heterocycles. The first-order valence-corrected chi connectivity index (χ1v) is 7.99. The monoisotopic (exact) mass is 322 g/mol. The molecule has 0 aromatic carbocycles. The Morgan fingerprint density at radius 3 is 2.43 bits per heavy atom. The van der Waals surface area contributed by atoms with Gasteiger partial charge in [-0.25, -0.2) is 4.98 Å². The first kappa shape index (κ1) is 16.7. The van der Waals surface area contributed by atoms with E-state index in [4.69, 9.17) is 4.74 Å². The number of ether oxygens (including phenoxy) is 1. The highest BCUT2D eigenvalue weighted by atomic mass is 32.1. The molecule has 2 rings (SSSR count). The van der Waals surface area contributed by atoms with Crippen LogP contribution < -0.4 is 5.32 Å². The molecule has 0 amide bonds. The van der Waals surface area contributed by atoms with Crippen molar-refractivity contribution in [3.05, 3.63) is 16.1 Å². The summed E-state index contributed by atoms with van der Waals surface area (Å²) >= 11 is 0.726. The summed E-state index contributed by atoms with van der Waals surface area (Å²) in [5.74, 6) is 0.418. The Kier molecular flexibility index (Phi) is 4.95. The molecule has 5 unspecified atom stereocenters. The fourth-order valence-corrected chi connectivity index (χ4v) is 3.99. The van der Waals surface area contributed by atoms with E-state index in [1.807, 2.05) is 20.8 Å². The van der Waals surface area contributed by atoms with E-state index in [1.165, 1.54) is 6.20 Å². The highest BCUT2D eigenvalue weighted by Crippen LogP contribution is 2.43. The van der Waals surface area contributed by atoms with Gasteiger partial charge in [-0.1, -0.05) is 13.8 Å². The Bertz CT molecular complexity index is 477. The van der Waals surface area contributed by atoms with Crippen molar-refractivity contribution in [2.75, 3.05) is 6.54 Å². The van der Waals surface area contributed by atoms with Gasteiger partial charge in [0.15, 0.2) is 5.01 Å². The number of alkyl halides is 3. The number of halogens is 3. The largest absolute Gasteiger partial charge is 0.443 e. The van der Waals surface area contributed by atoms with Crippen LogP contribution >= 0.6 is 11.3 Å². The van der Waals surface area contributed by atoms with E-state index in [2.05, 4.69) is 17.2 Å². The molecular formula is C14H21F3N2OS. The van der Waals surface area contributed by atoms with Crippen LogP contribution in [0.4, 0.5) is 13.2 Å². The molecule has 0 aliphatic carbocycles. The lowest BCUT2D eigenvalue weighted by Crippen LogP contribution is -2.34. The van der Waals surface area contributed by atoms with Gasteiger partial charge in [0.1, 0.15) is 0 Å². The molecule has 1 aliphatic heterocycles. The Morgan fingerprint density at radius 2 is 2.00 bits per heavy atom. The molecule has 1 N–H and O–H groups in total. The normalized spacial score (nSPS) is 31.6. The van der Waals surface area contributed by atoms with E-state index in [0.717, 1.165) is 11.3 Å². The number of hydrogen-bond donors (Lipinski definition) is 1. The molecule has 1 saturated heterocycles. The standard InChI is InChI=1S/C14H21F3N2OS/c1-5-18-12(11-7(2)8(3)20-9(11)4)10-6-19-13(21-10)14(15,16)17/h6-9,11-12,18H,5H2,1-4H3. The SMILES string of the molecule is CCNC(c1cnc(C(F)(F)F)s1)C1C(C)OC(C)C1C. The second-order valence-corrected chi connectivity index (χ2v) is 6.65. The average Bonchev–Trinajstić information content (AvgIpc) is 2.94. The molecule has 5 atom stereocenters. The average molecular weight is 322 g/mol. The molecule has 21 heavy (non-hydrogen) atoms. The van der Waals surface area contributed by atoms with Crippen molar-refractivity contribution in [1.29, 1.82) is 0 Å². The molecule has 3 nitrogen and oxygen atoms in total. The van der Waals surface area contributed by atoms with Gasteiger partial charge < -0.3 is 10.1 Å². The zero-order valence-corrected chi connectivity index (χ0v) is 13.4. The fraction of sp³-hybridized carbons (Fsp3) is 0.786. The zero-order chi connectivity index (χ0) is 15.8. The number of nitrogens with one attached hydrogen (secondary N) is 1. The zero-order valence-electron chi connectivity index (χ0n) is 12.6. The molecule has 7 heteroatoms. The molecule has 0 radical (unpaired) electrons. The molecule has 1 fully saturated rings. The second-order valence-electron chi connectivity index (χ2n) is 5.58. The maximum Gasteiger partial charge on any atom is 0.443 e. The topological polar surface area (TPSA) is 34.2 Å². The van der Waals surface area contributed by atoms with Crippen LogP contribution in [0.5, 0.6) is 0 Å². The van der Waals surface area contributed by atoms with Crippen molar-refractivity contribution >= 4 is 11.3 Å². The number of nitrogens with zero attached hydrogens (tertiary/aromatic N) is 1. The van der Waals surface area contributed by atoms with E-state index < -0.39 is 11.2 Å². The van der Waals surface area contributed by atoms with Crippen molar-refractivity contribution in [2.24, 2.45) is 11.8 Å². The van der Waals surface area contributed by atoms with Crippen molar-refractivity contribution in [3.8, 4) is 0 Å². The van der Waals surface area contributed by atoms with Crippen molar-refractivity contribution < 1.29 is 17.9 Å². The summed E-state index contributed by atoms with van der Waals surface area (Å²) in [4.78, 5) is 4.17. The molecule has 0 spiro atoms. The van der Waals surface area contributed by atoms with Crippen molar-refractivity contribution in [3.63, 3.8) is 0 Å². The van der Waals surface area contributed by atoms with E-state index >= 15 is 0 Å². The summed E-state index contributed by atoms with van der Waals surface area (Å²) < 4.78 is 44.1. The third-order valence-corrected chi connectivity index (χ3v) is 5.33. The summed E-state index contributed by atoms with van der Waals surface area (Å²) in [5.41, 5.74) is 0. The van der Waals surface area contributed by atoms with Gasteiger partial charge in [0.2, 0.25) is 0 Å². The van der Waals surface area contributed by atoms with Gasteiger partial charge >= 0.3 is 6.18 Å². The first-order valence-electron chi connectivity index (χ1n) is 7.17. The van der Waals surface area contributed by atoms with Gasteiger partial charge in [0.05, 0.1) is 12.2 Å². The molecule has 2 heterocycles. The Balaban J connectivity index is 2.29. The minimum absolute atomic E-state index is 0.00971. The van der Waals surface area contributed by atoms with Crippen LogP contribution in [0.25, 0.3) is 0 Å². The van der Waals surface area contributed by atoms with Crippen LogP contribution in [0.3, 0.4) is 0 Å². The number of thiazole rings is 1. The molecule has 1 aromatic rings. The third-order valence-electron chi connectivity index (χ3n) is 4.20. The molecule has 1 aliphatic rings. The summed E-state index contributed by atoms with van der Waals surface area (Å²) in [6.07, 6.45) is -2.91. The lowest BCUT2D eigenvalue weighted by molar-refractivity contribution is -0.137. The maximum atomic E-state index is 12.7. The summed E-state index contributed by atoms with van der Waals surface area (Å²) in [6.45, 7) is 8.73. The van der Waals surface area contributed by atoms with Crippen LogP contribution in [0.1, 0.15) is 43.6 Å². The number of hydrogen-bond acceptors (Lipinski definition) is 4. The van der Waals surface area contributed by atoms with E-state index in [1.54, 1.807) is 0 Å². The Morgan fingerprint density at radius 1 is 1.33 bits per heavy atom. The van der Waals surface area contributed by atoms with Crippen LogP contribution in [0.2, 0.25) is 0 Å². The van der Waals surface area contributed by atoms with Crippen molar-refractivity contribution in [2.45, 2.75) is 52.1 Å². The predicted octanol–water partition coefficient (Wildman–Crippen LogP) is 3.87. The summed E-state index contributed by atoms with van der Waals surface area (Å²) in [6, 6.07) is -0.154. The van der Waals surface area contributed by atoms with Crippen molar-refractivity contribution in [1.82, 2.24) is 10.3 Å². The smallest absolute Gasteiger partial charge is 0.375 e. The Hall–Kier alpha value is -0.660. The van der Waals surface area contributed by atoms with Crippen LogP contribution in [0.15, 0.2) is 6.20 Å². The molecular weight excluding hydrogens is 301 g/mol. The summed E-state index contributed by atoms with van der Waals surface area (Å²) in [5, 5.41) is 2.53. The van der Waals surface area contributed by atoms with E-state index in [9.17, 15) is 13.2 Å². The minimum Gasteiger partial charge on any atom is -0.375 e. The van der Waals surface area contributed by atoms with Gasteiger partial charge in [-0.05, 0) is 26.3 Å². The molecule has 120 valence electrons. The summed E-state index contributed by atoms with van der Waals surface area (Å²) in [7, 11) is 0. The van der Waals surface area contributed by atoms with E-state index in [0.29, 0.717) is 11.4 Å². The number of rotatable bonds is 4. The van der Waals surface area contributed by atoms with Gasteiger partial charge in [-0.15, -0.1) is 11.3 Å². The fourth-order valence-electron chi connectivity index (χ4n) is 3.08. The number of aromatic nitrogens is 1. The molecule has 0 saturated carbocycles. The van der Waals surface area contributed by atoms with Crippen LogP contribution in [-0.4, -0.2) is 23.7 Å². The third kappa shape index (κ3) is 3.40. The maximum absolute atomic E-state index is 12.7. The van der Waals surface area contributed by atoms with Crippen LogP contribution in [-0.2, 0) is 10.9 Å². The highest BCUT2D eigenvalue weighted by molar-refractivity contribution is 7.11. The quantitative estimate of drug-likeness (QED) is 0.914. The van der Waals surface area contributed by atoms with E-state index in [-0.39, 0.29) is 30.1 Å². The predicted molar refractivity (Wildman–Crippen MR) is 76.2 cm³/mol. The Labute approximate surface area is 126 Å².